The van der Waals surface area contributed by atoms with Crippen LogP contribution in [0.3, 0.4) is 0 Å². The van der Waals surface area contributed by atoms with Crippen molar-refractivity contribution in [1.82, 2.24) is 24.5 Å². The van der Waals surface area contributed by atoms with Crippen LogP contribution in [-0.4, -0.2) is 54.9 Å². The van der Waals surface area contributed by atoms with Crippen molar-refractivity contribution in [2.24, 2.45) is 0 Å². The largest absolute Gasteiger partial charge is 0.349 e. The van der Waals surface area contributed by atoms with Crippen LogP contribution in [0.25, 0.3) is 5.69 Å². The number of aromatic nitrogens is 4. The Morgan fingerprint density at radius 3 is 2.54 bits per heavy atom. The number of para-hydroxylation sites is 1. The molecular weight excluding hydrogens is 504 g/mol. The average Bonchev–Trinajstić information content (AvgIpc) is 3.56. The Morgan fingerprint density at radius 2 is 1.76 bits per heavy atom. The molecule has 0 aliphatic rings. The fourth-order valence-corrected chi connectivity index (χ4v) is 4.51. The predicted molar refractivity (Wildman–Crippen MR) is 153 cm³/mol. The zero-order valence-electron chi connectivity index (χ0n) is 21.1. The van der Waals surface area contributed by atoms with Crippen molar-refractivity contribution in [3.8, 4) is 5.69 Å². The first-order valence-corrected chi connectivity index (χ1v) is 13.2. The summed E-state index contributed by atoms with van der Waals surface area (Å²) in [5.41, 5.74) is 4.11. The van der Waals surface area contributed by atoms with E-state index < -0.39 is 0 Å². The van der Waals surface area contributed by atoms with E-state index in [4.69, 9.17) is 23.8 Å². The lowest BCUT2D eigenvalue weighted by atomic mass is 10.0. The second-order valence-electron chi connectivity index (χ2n) is 8.79. The van der Waals surface area contributed by atoms with E-state index in [0.717, 1.165) is 48.7 Å². The summed E-state index contributed by atoms with van der Waals surface area (Å²) in [5.74, 6) is 0.0441. The van der Waals surface area contributed by atoms with E-state index in [-0.39, 0.29) is 5.78 Å². The molecule has 37 heavy (non-hydrogen) atoms. The molecule has 0 saturated heterocycles. The molecular formula is C28H31ClN6OS. The van der Waals surface area contributed by atoms with Crippen LogP contribution in [0, 0.1) is 0 Å². The predicted octanol–water partition coefficient (Wildman–Crippen LogP) is 5.47. The highest BCUT2D eigenvalue weighted by atomic mass is 35.5. The third-order valence-electron chi connectivity index (χ3n) is 6.17. The highest BCUT2D eigenvalue weighted by Crippen LogP contribution is 2.21. The first-order chi connectivity index (χ1) is 17.9. The summed E-state index contributed by atoms with van der Waals surface area (Å²) < 4.78 is 3.67. The van der Waals surface area contributed by atoms with Crippen LogP contribution in [0.5, 0.6) is 0 Å². The van der Waals surface area contributed by atoms with E-state index in [2.05, 4.69) is 34.3 Å². The van der Waals surface area contributed by atoms with E-state index in [1.54, 1.807) is 17.1 Å². The second kappa shape index (κ2) is 12.8. The Bertz CT molecular complexity index is 1360. The quantitative estimate of drug-likeness (QED) is 0.192. The van der Waals surface area contributed by atoms with Crippen LogP contribution in [-0.2, 0) is 19.4 Å². The molecule has 0 atom stereocenters. The SMILES string of the molecule is CCN(CC)CCn1cc(CC(=O)c2cccc(-n3cc(CC(=S)Nc4ccccc4Cl)cn3)c2)cn1. The Labute approximate surface area is 228 Å². The summed E-state index contributed by atoms with van der Waals surface area (Å²) in [6, 6.07) is 15.0. The van der Waals surface area contributed by atoms with Crippen LogP contribution in [0.1, 0.15) is 35.3 Å². The standard InChI is InChI=1S/C28H31ClN6OS/c1-3-33(4-2)12-13-34-19-21(17-30-34)14-27(36)23-8-7-9-24(16-23)35-20-22(18-31-35)15-28(37)32-26-11-6-5-10-25(26)29/h5-11,16-20H,3-4,12-15H2,1-2H3,(H,32,37). The molecule has 0 aliphatic carbocycles. The van der Waals surface area contributed by atoms with Gasteiger partial charge in [-0.1, -0.05) is 61.9 Å². The number of hydrogen-bond acceptors (Lipinski definition) is 5. The van der Waals surface area contributed by atoms with Gasteiger partial charge in [0.2, 0.25) is 0 Å². The zero-order chi connectivity index (χ0) is 26.2. The number of nitrogens with zero attached hydrogens (tertiary/aromatic N) is 5. The third-order valence-corrected chi connectivity index (χ3v) is 6.75. The van der Waals surface area contributed by atoms with Crippen LogP contribution in [0.2, 0.25) is 5.02 Å². The molecule has 0 bridgehead atoms. The number of rotatable bonds is 12. The van der Waals surface area contributed by atoms with Gasteiger partial charge in [0.1, 0.15) is 0 Å². The minimum Gasteiger partial charge on any atom is -0.349 e. The molecule has 0 unspecified atom stereocenters. The number of hydrogen-bond donors (Lipinski definition) is 1. The number of halogens is 1. The van der Waals surface area contributed by atoms with Crippen LogP contribution in [0.15, 0.2) is 73.3 Å². The van der Waals surface area contributed by atoms with E-state index >= 15 is 0 Å². The summed E-state index contributed by atoms with van der Waals surface area (Å²) in [5, 5.41) is 12.7. The summed E-state index contributed by atoms with van der Waals surface area (Å²) in [6.07, 6.45) is 8.28. The number of carbonyl (C=O) groups excluding carboxylic acids is 1. The van der Waals surface area contributed by atoms with Gasteiger partial charge in [0.05, 0.1) is 40.3 Å². The van der Waals surface area contributed by atoms with E-state index in [1.807, 2.05) is 65.6 Å². The highest BCUT2D eigenvalue weighted by molar-refractivity contribution is 7.80. The van der Waals surface area contributed by atoms with Gasteiger partial charge in [-0.15, -0.1) is 0 Å². The molecule has 0 aliphatic heterocycles. The molecule has 0 fully saturated rings. The van der Waals surface area contributed by atoms with Gasteiger partial charge in [-0.3, -0.25) is 9.48 Å². The number of likely N-dealkylation sites (N-methyl/N-ethyl adjacent to an activating group) is 1. The van der Waals surface area contributed by atoms with E-state index in [0.29, 0.717) is 28.4 Å². The van der Waals surface area contributed by atoms with Gasteiger partial charge in [-0.05, 0) is 48.5 Å². The van der Waals surface area contributed by atoms with Gasteiger partial charge < -0.3 is 10.2 Å². The van der Waals surface area contributed by atoms with Gasteiger partial charge >= 0.3 is 0 Å². The van der Waals surface area contributed by atoms with Crippen LogP contribution >= 0.6 is 23.8 Å². The fourth-order valence-electron chi connectivity index (χ4n) is 4.05. The first-order valence-electron chi connectivity index (χ1n) is 12.4. The number of nitrogens with one attached hydrogen (secondary N) is 1. The smallest absolute Gasteiger partial charge is 0.167 e. The van der Waals surface area contributed by atoms with Crippen molar-refractivity contribution in [2.45, 2.75) is 33.2 Å². The summed E-state index contributed by atoms with van der Waals surface area (Å²) in [6.45, 7) is 8.10. The molecule has 2 aromatic heterocycles. The second-order valence-corrected chi connectivity index (χ2v) is 9.69. The Morgan fingerprint density at radius 1 is 1.00 bits per heavy atom. The fraction of sp³-hybridized carbons (Fsp3) is 0.286. The molecule has 4 rings (SSSR count). The van der Waals surface area contributed by atoms with Crippen molar-refractivity contribution in [2.75, 3.05) is 25.0 Å². The van der Waals surface area contributed by atoms with Crippen molar-refractivity contribution in [1.29, 1.82) is 0 Å². The number of thiocarbonyl (C=S) groups is 1. The Hall–Kier alpha value is -3.33. The number of ketones is 1. The monoisotopic (exact) mass is 534 g/mol. The van der Waals surface area contributed by atoms with Crippen molar-refractivity contribution in [3.05, 3.63) is 95.0 Å². The van der Waals surface area contributed by atoms with Gasteiger partial charge in [0.25, 0.3) is 0 Å². The molecule has 9 heteroatoms. The molecule has 1 N–H and O–H groups in total. The van der Waals surface area contributed by atoms with Crippen LogP contribution < -0.4 is 5.32 Å². The lowest BCUT2D eigenvalue weighted by Crippen LogP contribution is -2.27. The lowest BCUT2D eigenvalue weighted by molar-refractivity contribution is 0.0993. The summed E-state index contributed by atoms with van der Waals surface area (Å²) in [4.78, 5) is 16.0. The third kappa shape index (κ3) is 7.35. The van der Waals surface area contributed by atoms with Crippen molar-refractivity contribution >= 4 is 40.3 Å². The van der Waals surface area contributed by atoms with E-state index in [1.165, 1.54) is 0 Å². The number of benzene rings is 2. The maximum Gasteiger partial charge on any atom is 0.167 e. The normalized spacial score (nSPS) is 11.1. The minimum absolute atomic E-state index is 0.0441. The minimum atomic E-state index is 0.0441. The average molecular weight is 535 g/mol. The Balaban J connectivity index is 1.36. The maximum atomic E-state index is 13.0. The summed E-state index contributed by atoms with van der Waals surface area (Å²) in [7, 11) is 0. The Kier molecular flexibility index (Phi) is 9.22. The number of Topliss-reactive ketones (excluding diaryl/α,β-unsaturated/α-hetero) is 1. The van der Waals surface area contributed by atoms with Gasteiger partial charge in [0.15, 0.2) is 5.78 Å². The molecule has 7 nitrogen and oxygen atoms in total. The van der Waals surface area contributed by atoms with Gasteiger partial charge in [-0.2, -0.15) is 10.2 Å². The van der Waals surface area contributed by atoms with Gasteiger partial charge in [-0.25, -0.2) is 4.68 Å². The number of carbonyl (C=O) groups is 1. The zero-order valence-corrected chi connectivity index (χ0v) is 22.7. The molecule has 2 heterocycles. The molecule has 192 valence electrons. The lowest BCUT2D eigenvalue weighted by Gasteiger charge is -2.17. The molecule has 0 amide bonds. The first kappa shape index (κ1) is 26.7. The molecule has 0 radical (unpaired) electrons. The van der Waals surface area contributed by atoms with Crippen LogP contribution in [0.4, 0.5) is 5.69 Å². The van der Waals surface area contributed by atoms with Crippen molar-refractivity contribution < 1.29 is 4.79 Å². The molecule has 0 saturated carbocycles. The maximum absolute atomic E-state index is 13.0. The number of anilines is 1. The molecule has 2 aromatic carbocycles. The topological polar surface area (TPSA) is 68.0 Å². The van der Waals surface area contributed by atoms with E-state index in [9.17, 15) is 4.79 Å². The molecule has 0 spiro atoms. The molecule has 4 aromatic rings. The highest BCUT2D eigenvalue weighted by Gasteiger charge is 2.12. The summed E-state index contributed by atoms with van der Waals surface area (Å²) >= 11 is 11.7. The van der Waals surface area contributed by atoms with Crippen molar-refractivity contribution in [3.63, 3.8) is 0 Å². The van der Waals surface area contributed by atoms with Gasteiger partial charge in [0, 0.05) is 37.3 Å².